The molecule has 0 spiro atoms. The number of aryl methyl sites for hydroxylation is 1. The van der Waals surface area contributed by atoms with Gasteiger partial charge in [-0.25, -0.2) is 4.79 Å². The van der Waals surface area contributed by atoms with Gasteiger partial charge in [-0.15, -0.1) is 0 Å². The van der Waals surface area contributed by atoms with Gasteiger partial charge in [-0.1, -0.05) is 0 Å². The van der Waals surface area contributed by atoms with E-state index in [0.717, 1.165) is 23.9 Å². The number of nitrogens with zero attached hydrogens (tertiary/aromatic N) is 3. The van der Waals surface area contributed by atoms with Gasteiger partial charge in [0, 0.05) is 44.8 Å². The maximum absolute atomic E-state index is 12.9. The lowest BCUT2D eigenvalue weighted by Crippen LogP contribution is -2.55. The summed E-state index contributed by atoms with van der Waals surface area (Å²) in [5.41, 5.74) is 1.82. The minimum absolute atomic E-state index is 0.0414. The van der Waals surface area contributed by atoms with Crippen molar-refractivity contribution in [1.29, 1.82) is 0 Å². The van der Waals surface area contributed by atoms with Crippen LogP contribution in [0.1, 0.15) is 30.1 Å². The third-order valence-corrected chi connectivity index (χ3v) is 5.60. The van der Waals surface area contributed by atoms with Gasteiger partial charge in [0.15, 0.2) is 0 Å². The van der Waals surface area contributed by atoms with E-state index in [1.165, 1.54) is 4.57 Å². The molecular weight excluding hydrogens is 346 g/mol. The molecule has 1 unspecified atom stereocenters. The molecule has 8 heteroatoms. The fourth-order valence-electron chi connectivity index (χ4n) is 3.57. The van der Waals surface area contributed by atoms with Gasteiger partial charge in [-0.05, 0) is 38.0 Å². The summed E-state index contributed by atoms with van der Waals surface area (Å²) in [6.07, 6.45) is 2.16. The third kappa shape index (κ3) is 3.49. The number of imidazole rings is 1. The van der Waals surface area contributed by atoms with Crippen LogP contribution in [0.25, 0.3) is 11.0 Å². The van der Waals surface area contributed by atoms with Crippen LogP contribution in [0.2, 0.25) is 0 Å². The summed E-state index contributed by atoms with van der Waals surface area (Å²) in [5.74, 6) is 0.0383. The first-order valence-electron chi connectivity index (χ1n) is 9.46. The van der Waals surface area contributed by atoms with E-state index < -0.39 is 0 Å². The zero-order valence-electron chi connectivity index (χ0n) is 15.7. The van der Waals surface area contributed by atoms with E-state index in [1.54, 1.807) is 25.2 Å². The molecule has 1 saturated heterocycles. The van der Waals surface area contributed by atoms with E-state index >= 15 is 0 Å². The SMILES string of the molecule is CC(C(=O)NC1CC1)N1CCN(C(=O)c2ccc3[nH]c(=O)n(C)c3c2)CC1. The monoisotopic (exact) mass is 371 g/mol. The summed E-state index contributed by atoms with van der Waals surface area (Å²) in [6, 6.07) is 5.47. The number of aromatic amines is 1. The maximum atomic E-state index is 12.9. The Hall–Kier alpha value is -2.61. The van der Waals surface area contributed by atoms with Gasteiger partial charge in [-0.2, -0.15) is 0 Å². The summed E-state index contributed by atoms with van der Waals surface area (Å²) in [7, 11) is 1.68. The molecule has 8 nitrogen and oxygen atoms in total. The molecule has 1 aromatic carbocycles. The van der Waals surface area contributed by atoms with Crippen LogP contribution in [0.4, 0.5) is 0 Å². The van der Waals surface area contributed by atoms with E-state index in [0.29, 0.717) is 37.8 Å². The highest BCUT2D eigenvalue weighted by molar-refractivity contribution is 5.97. The highest BCUT2D eigenvalue weighted by Gasteiger charge is 2.31. The summed E-state index contributed by atoms with van der Waals surface area (Å²) in [4.78, 5) is 43.5. The fourth-order valence-corrected chi connectivity index (χ4v) is 3.57. The van der Waals surface area contributed by atoms with Gasteiger partial charge in [0.1, 0.15) is 0 Å². The largest absolute Gasteiger partial charge is 0.352 e. The normalized spacial score (nSPS) is 19.3. The van der Waals surface area contributed by atoms with Crippen molar-refractivity contribution in [3.63, 3.8) is 0 Å². The molecule has 2 amide bonds. The van der Waals surface area contributed by atoms with Gasteiger partial charge in [0.05, 0.1) is 17.1 Å². The first-order chi connectivity index (χ1) is 12.9. The van der Waals surface area contributed by atoms with Crippen molar-refractivity contribution >= 4 is 22.8 Å². The number of fused-ring (bicyclic) bond motifs is 1. The van der Waals surface area contributed by atoms with Gasteiger partial charge >= 0.3 is 5.69 Å². The van der Waals surface area contributed by atoms with Crippen molar-refractivity contribution in [2.75, 3.05) is 26.2 Å². The zero-order valence-corrected chi connectivity index (χ0v) is 15.7. The van der Waals surface area contributed by atoms with E-state index in [9.17, 15) is 14.4 Å². The Morgan fingerprint density at radius 2 is 1.89 bits per heavy atom. The maximum Gasteiger partial charge on any atom is 0.326 e. The Balaban J connectivity index is 1.40. The average molecular weight is 371 g/mol. The molecule has 0 radical (unpaired) electrons. The Kier molecular flexibility index (Phi) is 4.51. The van der Waals surface area contributed by atoms with E-state index in [2.05, 4.69) is 15.2 Å². The molecule has 1 aromatic heterocycles. The van der Waals surface area contributed by atoms with E-state index in [-0.39, 0.29) is 23.5 Å². The number of piperazine rings is 1. The predicted molar refractivity (Wildman–Crippen MR) is 102 cm³/mol. The lowest BCUT2D eigenvalue weighted by atomic mass is 10.1. The first kappa shape index (κ1) is 17.8. The number of carbonyl (C=O) groups excluding carboxylic acids is 2. The Bertz CT molecular complexity index is 934. The van der Waals surface area contributed by atoms with Crippen molar-refractivity contribution < 1.29 is 9.59 Å². The number of aromatic nitrogens is 2. The van der Waals surface area contributed by atoms with Crippen LogP contribution < -0.4 is 11.0 Å². The van der Waals surface area contributed by atoms with Gasteiger partial charge in [0.2, 0.25) is 5.91 Å². The molecule has 2 heterocycles. The van der Waals surface area contributed by atoms with Gasteiger partial charge in [0.25, 0.3) is 5.91 Å². The minimum Gasteiger partial charge on any atom is -0.352 e. The number of hydrogen-bond donors (Lipinski definition) is 2. The number of nitrogens with one attached hydrogen (secondary N) is 2. The molecule has 2 aromatic rings. The second-order valence-corrected chi connectivity index (χ2v) is 7.51. The van der Waals surface area contributed by atoms with Crippen LogP contribution in [-0.2, 0) is 11.8 Å². The third-order valence-electron chi connectivity index (χ3n) is 5.60. The number of amides is 2. The fraction of sp³-hybridized carbons (Fsp3) is 0.526. The number of benzene rings is 1. The quantitative estimate of drug-likeness (QED) is 0.808. The lowest BCUT2D eigenvalue weighted by Gasteiger charge is -2.37. The Morgan fingerprint density at radius 1 is 1.19 bits per heavy atom. The summed E-state index contributed by atoms with van der Waals surface area (Å²) >= 11 is 0. The number of hydrogen-bond acceptors (Lipinski definition) is 4. The highest BCUT2D eigenvalue weighted by atomic mass is 16.2. The molecule has 1 aliphatic carbocycles. The van der Waals surface area contributed by atoms with Crippen LogP contribution >= 0.6 is 0 Å². The van der Waals surface area contributed by atoms with Crippen LogP contribution in [0.15, 0.2) is 23.0 Å². The van der Waals surface area contributed by atoms with Crippen molar-refractivity contribution in [1.82, 2.24) is 24.7 Å². The highest BCUT2D eigenvalue weighted by Crippen LogP contribution is 2.20. The molecule has 4 rings (SSSR count). The summed E-state index contributed by atoms with van der Waals surface area (Å²) in [6.45, 7) is 4.45. The molecule has 1 aliphatic heterocycles. The van der Waals surface area contributed by atoms with E-state index in [1.807, 2.05) is 11.8 Å². The van der Waals surface area contributed by atoms with Gasteiger partial charge < -0.3 is 15.2 Å². The molecule has 0 bridgehead atoms. The molecule has 144 valence electrons. The van der Waals surface area contributed by atoms with Crippen LogP contribution in [0, 0.1) is 0 Å². The molecule has 2 N–H and O–H groups in total. The van der Waals surface area contributed by atoms with Gasteiger partial charge in [-0.3, -0.25) is 19.1 Å². The van der Waals surface area contributed by atoms with E-state index in [4.69, 9.17) is 0 Å². The van der Waals surface area contributed by atoms with Crippen LogP contribution in [0.5, 0.6) is 0 Å². The number of carbonyl (C=O) groups is 2. The molecule has 2 fully saturated rings. The summed E-state index contributed by atoms with van der Waals surface area (Å²) < 4.78 is 1.50. The number of H-pyrrole nitrogens is 1. The summed E-state index contributed by atoms with van der Waals surface area (Å²) in [5, 5.41) is 3.04. The molecule has 27 heavy (non-hydrogen) atoms. The van der Waals surface area contributed by atoms with Crippen molar-refractivity contribution in [2.45, 2.75) is 31.8 Å². The Morgan fingerprint density at radius 3 is 2.56 bits per heavy atom. The predicted octanol–water partition coefficient (Wildman–Crippen LogP) is 0.291. The first-order valence-corrected chi connectivity index (χ1v) is 9.46. The smallest absolute Gasteiger partial charge is 0.326 e. The minimum atomic E-state index is -0.193. The molecule has 1 saturated carbocycles. The standard InChI is InChI=1S/C19H25N5O3/c1-12(17(25)20-14-4-5-14)23-7-9-24(10-8-23)18(26)13-3-6-15-16(11-13)22(2)19(27)21-15/h3,6,11-12,14H,4-5,7-10H2,1-2H3,(H,20,25)(H,21,27). The van der Waals surface area contributed by atoms with Crippen molar-refractivity contribution in [2.24, 2.45) is 7.05 Å². The number of rotatable bonds is 4. The van der Waals surface area contributed by atoms with Crippen LogP contribution in [0.3, 0.4) is 0 Å². The second-order valence-electron chi connectivity index (χ2n) is 7.51. The zero-order chi connectivity index (χ0) is 19.1. The molecule has 2 aliphatic rings. The average Bonchev–Trinajstić information content (AvgIpc) is 3.45. The topological polar surface area (TPSA) is 90.4 Å². The Labute approximate surface area is 157 Å². The van der Waals surface area contributed by atoms with Crippen molar-refractivity contribution in [3.05, 3.63) is 34.2 Å². The second kappa shape index (κ2) is 6.84. The van der Waals surface area contributed by atoms with Crippen molar-refractivity contribution in [3.8, 4) is 0 Å². The molecular formula is C19H25N5O3. The lowest BCUT2D eigenvalue weighted by molar-refractivity contribution is -0.126. The molecule has 1 atom stereocenters. The van der Waals surface area contributed by atoms with Crippen LogP contribution in [-0.4, -0.2) is 69.4 Å².